The minimum absolute atomic E-state index is 0.00747. The first-order valence-corrected chi connectivity index (χ1v) is 24.1. The summed E-state index contributed by atoms with van der Waals surface area (Å²) in [5, 5.41) is 3.29. The van der Waals surface area contributed by atoms with Crippen LogP contribution in [0.2, 0.25) is 0 Å². The number of carbonyl (C=O) groups excluding carboxylic acids is 2. The summed E-state index contributed by atoms with van der Waals surface area (Å²) in [4.78, 5) is 29.3. The normalized spacial score (nSPS) is 11.5. The standard InChI is InChI=1S/C43H86N2O4.C3H9N.C2H6/c1-5-8-11-14-15-23-30-40-48-42(46)34-26-19-16-21-28-37-45(39-31-36-44-4)38-29-22-17-20-27-35-43(47)49-41(32-24-13-10-7-3)33-25-18-12-9-6-2;1-4(2)3;1-2/h41,44H,5-40H2,1-4H3;1-3H3;1-2H3. The highest BCUT2D eigenvalue weighted by atomic mass is 16.5. The molecule has 0 aromatic heterocycles. The van der Waals surface area contributed by atoms with Crippen molar-refractivity contribution in [1.29, 1.82) is 0 Å². The van der Waals surface area contributed by atoms with E-state index in [9.17, 15) is 9.59 Å². The molecule has 0 aliphatic carbocycles. The van der Waals surface area contributed by atoms with Crippen LogP contribution in [0.1, 0.15) is 234 Å². The summed E-state index contributed by atoms with van der Waals surface area (Å²) in [6.07, 6.45) is 36.2. The van der Waals surface area contributed by atoms with E-state index in [2.05, 4.69) is 31.0 Å². The number of unbranched alkanes of at least 4 members (excludes halogenated alkanes) is 21. The molecule has 0 aliphatic heterocycles. The molecule has 0 saturated heterocycles. The maximum atomic E-state index is 12.6. The SMILES string of the molecule is CC.CCCCCCCCCOC(=O)CCCCCCCN(CCCCCCCC(=O)OC(CCCCCC)CCCCCCC)CCCNC.CN(C)C. The Kier molecular flexibility index (Phi) is 53.7. The van der Waals surface area contributed by atoms with Crippen molar-refractivity contribution in [3.05, 3.63) is 0 Å². The van der Waals surface area contributed by atoms with E-state index in [-0.39, 0.29) is 18.0 Å². The molecular formula is C48H101N3O4. The molecule has 0 heterocycles. The van der Waals surface area contributed by atoms with Crippen LogP contribution in [0.15, 0.2) is 0 Å². The van der Waals surface area contributed by atoms with Crippen LogP contribution in [0.5, 0.6) is 0 Å². The Morgan fingerprint density at radius 3 is 1.33 bits per heavy atom. The van der Waals surface area contributed by atoms with Crippen molar-refractivity contribution in [3.63, 3.8) is 0 Å². The molecule has 0 fully saturated rings. The van der Waals surface area contributed by atoms with Gasteiger partial charge in [-0.3, -0.25) is 9.59 Å². The number of carbonyl (C=O) groups is 2. The zero-order chi connectivity index (χ0) is 41.5. The van der Waals surface area contributed by atoms with Crippen LogP contribution in [-0.4, -0.2) is 88.8 Å². The molecule has 0 amide bonds. The lowest BCUT2D eigenvalue weighted by Gasteiger charge is -2.22. The summed E-state index contributed by atoms with van der Waals surface area (Å²) in [6, 6.07) is 0. The molecule has 1 atom stereocenters. The molecule has 7 nitrogen and oxygen atoms in total. The van der Waals surface area contributed by atoms with Gasteiger partial charge in [-0.15, -0.1) is 0 Å². The van der Waals surface area contributed by atoms with E-state index in [0.717, 1.165) is 58.0 Å². The first kappa shape index (κ1) is 58.1. The number of hydrogen-bond donors (Lipinski definition) is 1. The summed E-state index contributed by atoms with van der Waals surface area (Å²) in [5.41, 5.74) is 0. The largest absolute Gasteiger partial charge is 0.466 e. The number of hydrogen-bond acceptors (Lipinski definition) is 7. The fourth-order valence-corrected chi connectivity index (χ4v) is 6.68. The van der Waals surface area contributed by atoms with Crippen LogP contribution in [0.25, 0.3) is 0 Å². The molecule has 55 heavy (non-hydrogen) atoms. The maximum Gasteiger partial charge on any atom is 0.306 e. The third-order valence-corrected chi connectivity index (χ3v) is 9.93. The molecule has 7 heteroatoms. The fourth-order valence-electron chi connectivity index (χ4n) is 6.68. The topological polar surface area (TPSA) is 71.1 Å². The molecule has 0 aromatic rings. The van der Waals surface area contributed by atoms with Crippen molar-refractivity contribution < 1.29 is 19.1 Å². The minimum Gasteiger partial charge on any atom is -0.466 e. The lowest BCUT2D eigenvalue weighted by Crippen LogP contribution is -2.29. The molecule has 332 valence electrons. The Labute approximate surface area is 346 Å². The second-order valence-electron chi connectivity index (χ2n) is 16.2. The molecule has 0 spiro atoms. The van der Waals surface area contributed by atoms with Gasteiger partial charge in [-0.1, -0.05) is 157 Å². The molecular weight excluding hydrogens is 683 g/mol. The molecule has 0 aliphatic rings. The van der Waals surface area contributed by atoms with Gasteiger partial charge < -0.3 is 24.6 Å². The Balaban J connectivity index is -0.00000420. The fraction of sp³-hybridized carbons (Fsp3) is 0.958. The van der Waals surface area contributed by atoms with E-state index in [1.165, 1.54) is 154 Å². The third-order valence-electron chi connectivity index (χ3n) is 9.93. The number of nitrogens with one attached hydrogen (secondary N) is 1. The average Bonchev–Trinajstić information content (AvgIpc) is 3.16. The number of rotatable bonds is 40. The van der Waals surface area contributed by atoms with Gasteiger partial charge in [-0.05, 0) is 119 Å². The first-order valence-electron chi connectivity index (χ1n) is 24.1. The summed E-state index contributed by atoms with van der Waals surface area (Å²) < 4.78 is 11.4. The van der Waals surface area contributed by atoms with Crippen LogP contribution in [0, 0.1) is 0 Å². The Morgan fingerprint density at radius 2 is 0.855 bits per heavy atom. The maximum absolute atomic E-state index is 12.6. The van der Waals surface area contributed by atoms with Crippen LogP contribution in [0.4, 0.5) is 0 Å². The third kappa shape index (κ3) is 52.8. The number of nitrogens with zero attached hydrogens (tertiary/aromatic N) is 2. The second kappa shape index (κ2) is 50.8. The van der Waals surface area contributed by atoms with Crippen molar-refractivity contribution in [1.82, 2.24) is 15.1 Å². The van der Waals surface area contributed by atoms with Crippen LogP contribution in [-0.2, 0) is 19.1 Å². The summed E-state index contributed by atoms with van der Waals surface area (Å²) in [7, 11) is 8.04. The molecule has 1 unspecified atom stereocenters. The van der Waals surface area contributed by atoms with E-state index in [4.69, 9.17) is 9.47 Å². The van der Waals surface area contributed by atoms with Gasteiger partial charge in [-0.2, -0.15) is 0 Å². The predicted molar refractivity (Wildman–Crippen MR) is 242 cm³/mol. The summed E-state index contributed by atoms with van der Waals surface area (Å²) >= 11 is 0. The van der Waals surface area contributed by atoms with Crippen molar-refractivity contribution >= 4 is 11.9 Å². The van der Waals surface area contributed by atoms with Crippen molar-refractivity contribution in [3.8, 4) is 0 Å². The van der Waals surface area contributed by atoms with E-state index in [1.807, 2.05) is 46.9 Å². The highest BCUT2D eigenvalue weighted by molar-refractivity contribution is 5.69. The van der Waals surface area contributed by atoms with Gasteiger partial charge in [-0.25, -0.2) is 0 Å². The van der Waals surface area contributed by atoms with E-state index >= 15 is 0 Å². The summed E-state index contributed by atoms with van der Waals surface area (Å²) in [6.45, 7) is 15.9. The lowest BCUT2D eigenvalue weighted by molar-refractivity contribution is -0.150. The van der Waals surface area contributed by atoms with Crippen LogP contribution in [0.3, 0.4) is 0 Å². The van der Waals surface area contributed by atoms with E-state index in [0.29, 0.717) is 19.4 Å². The van der Waals surface area contributed by atoms with Gasteiger partial charge in [0.15, 0.2) is 0 Å². The van der Waals surface area contributed by atoms with E-state index < -0.39 is 0 Å². The minimum atomic E-state index is -0.00747. The van der Waals surface area contributed by atoms with Crippen molar-refractivity contribution in [2.24, 2.45) is 0 Å². The highest BCUT2D eigenvalue weighted by Crippen LogP contribution is 2.18. The Morgan fingerprint density at radius 1 is 0.491 bits per heavy atom. The van der Waals surface area contributed by atoms with Gasteiger partial charge in [0.2, 0.25) is 0 Å². The molecule has 1 N–H and O–H groups in total. The molecule has 0 saturated carbocycles. The molecule has 0 bridgehead atoms. The average molecular weight is 784 g/mol. The molecule has 0 aromatic carbocycles. The van der Waals surface area contributed by atoms with Crippen LogP contribution >= 0.6 is 0 Å². The number of ether oxygens (including phenoxy) is 2. The second-order valence-corrected chi connectivity index (χ2v) is 16.2. The Hall–Kier alpha value is -1.18. The van der Waals surface area contributed by atoms with Crippen molar-refractivity contribution in [2.75, 3.05) is 61.0 Å². The monoisotopic (exact) mass is 784 g/mol. The van der Waals surface area contributed by atoms with Crippen molar-refractivity contribution in [2.45, 2.75) is 240 Å². The predicted octanol–water partition coefficient (Wildman–Crippen LogP) is 13.3. The lowest BCUT2D eigenvalue weighted by atomic mass is 10.0. The smallest absolute Gasteiger partial charge is 0.306 e. The number of esters is 2. The molecule has 0 radical (unpaired) electrons. The first-order chi connectivity index (χ1) is 26.8. The molecule has 0 rings (SSSR count). The van der Waals surface area contributed by atoms with Gasteiger partial charge in [0, 0.05) is 12.8 Å². The zero-order valence-corrected chi connectivity index (χ0v) is 39.1. The Bertz CT molecular complexity index is 733. The zero-order valence-electron chi connectivity index (χ0n) is 39.1. The van der Waals surface area contributed by atoms with Gasteiger partial charge in [0.1, 0.15) is 6.10 Å². The van der Waals surface area contributed by atoms with E-state index in [1.54, 1.807) is 0 Å². The van der Waals surface area contributed by atoms with Crippen LogP contribution < -0.4 is 5.32 Å². The summed E-state index contributed by atoms with van der Waals surface area (Å²) in [5.74, 6) is 0.0235. The van der Waals surface area contributed by atoms with Gasteiger partial charge in [0.05, 0.1) is 6.61 Å². The quantitative estimate of drug-likeness (QED) is 0.0490. The highest BCUT2D eigenvalue weighted by Gasteiger charge is 2.14. The van der Waals surface area contributed by atoms with Gasteiger partial charge in [0.25, 0.3) is 0 Å². The van der Waals surface area contributed by atoms with Gasteiger partial charge >= 0.3 is 11.9 Å².